The van der Waals surface area contributed by atoms with Crippen LogP contribution in [0.2, 0.25) is 0 Å². The van der Waals surface area contributed by atoms with E-state index < -0.39 is 0 Å². The summed E-state index contributed by atoms with van der Waals surface area (Å²) < 4.78 is 0. The summed E-state index contributed by atoms with van der Waals surface area (Å²) in [5.41, 5.74) is 0.212. The number of phenols is 2. The quantitative estimate of drug-likeness (QED) is 0.768. The SMILES string of the molecule is CC1CCC(NC(=O)c2ccc(O)cc2O)CC1C. The lowest BCUT2D eigenvalue weighted by atomic mass is 9.79. The van der Waals surface area contributed by atoms with Crippen molar-refractivity contribution in [3.63, 3.8) is 0 Å². The summed E-state index contributed by atoms with van der Waals surface area (Å²) in [5, 5.41) is 21.8. The Kier molecular flexibility index (Phi) is 3.98. The van der Waals surface area contributed by atoms with Gasteiger partial charge in [0, 0.05) is 12.1 Å². The lowest BCUT2D eigenvalue weighted by Crippen LogP contribution is -2.39. The van der Waals surface area contributed by atoms with Crippen LogP contribution in [0.25, 0.3) is 0 Å². The van der Waals surface area contributed by atoms with Crippen LogP contribution in [0.5, 0.6) is 11.5 Å². The first kappa shape index (κ1) is 13.7. The van der Waals surface area contributed by atoms with Crippen LogP contribution < -0.4 is 5.32 Å². The third kappa shape index (κ3) is 3.19. The minimum atomic E-state index is -0.274. The average Bonchev–Trinajstić information content (AvgIpc) is 2.33. The van der Waals surface area contributed by atoms with Crippen molar-refractivity contribution in [3.8, 4) is 11.5 Å². The number of nitrogens with one attached hydrogen (secondary N) is 1. The molecule has 1 amide bonds. The highest BCUT2D eigenvalue weighted by atomic mass is 16.3. The number of carbonyl (C=O) groups excluding carboxylic acids is 1. The van der Waals surface area contributed by atoms with Gasteiger partial charge in [-0.15, -0.1) is 0 Å². The number of aromatic hydroxyl groups is 2. The molecule has 4 heteroatoms. The molecular weight excluding hydrogens is 242 g/mol. The van der Waals surface area contributed by atoms with Gasteiger partial charge in [0.25, 0.3) is 5.91 Å². The van der Waals surface area contributed by atoms with E-state index >= 15 is 0 Å². The van der Waals surface area contributed by atoms with Crippen molar-refractivity contribution in [3.05, 3.63) is 23.8 Å². The molecule has 1 aromatic rings. The van der Waals surface area contributed by atoms with E-state index in [1.54, 1.807) is 0 Å². The molecule has 0 aromatic heterocycles. The van der Waals surface area contributed by atoms with Gasteiger partial charge in [0.05, 0.1) is 5.56 Å². The van der Waals surface area contributed by atoms with Gasteiger partial charge in [0.15, 0.2) is 0 Å². The highest BCUT2D eigenvalue weighted by Gasteiger charge is 2.26. The zero-order chi connectivity index (χ0) is 14.0. The Hall–Kier alpha value is -1.71. The van der Waals surface area contributed by atoms with Crippen LogP contribution in [0, 0.1) is 11.8 Å². The molecule has 104 valence electrons. The van der Waals surface area contributed by atoms with Crippen molar-refractivity contribution in [2.45, 2.75) is 39.2 Å². The maximum absolute atomic E-state index is 12.1. The van der Waals surface area contributed by atoms with Crippen molar-refractivity contribution in [1.82, 2.24) is 5.32 Å². The Labute approximate surface area is 113 Å². The summed E-state index contributed by atoms with van der Waals surface area (Å²) in [5.74, 6) is 0.802. The summed E-state index contributed by atoms with van der Waals surface area (Å²) in [7, 11) is 0. The monoisotopic (exact) mass is 263 g/mol. The van der Waals surface area contributed by atoms with Crippen molar-refractivity contribution in [2.75, 3.05) is 0 Å². The van der Waals surface area contributed by atoms with Gasteiger partial charge in [-0.3, -0.25) is 4.79 Å². The zero-order valence-electron chi connectivity index (χ0n) is 11.4. The summed E-state index contributed by atoms with van der Waals surface area (Å²) in [4.78, 5) is 12.1. The molecular formula is C15H21NO3. The molecule has 2 rings (SSSR count). The number of hydrogen-bond acceptors (Lipinski definition) is 3. The molecule has 1 aliphatic carbocycles. The fourth-order valence-corrected chi connectivity index (χ4v) is 2.65. The Morgan fingerprint density at radius 3 is 2.58 bits per heavy atom. The standard InChI is InChI=1S/C15H21NO3/c1-9-3-4-11(7-10(9)2)16-15(19)13-6-5-12(17)8-14(13)18/h5-6,8-11,17-18H,3-4,7H2,1-2H3,(H,16,19). The first-order chi connectivity index (χ1) is 8.97. The van der Waals surface area contributed by atoms with Crippen LogP contribution in [0.3, 0.4) is 0 Å². The van der Waals surface area contributed by atoms with E-state index in [1.807, 2.05) is 0 Å². The van der Waals surface area contributed by atoms with E-state index in [9.17, 15) is 15.0 Å². The second kappa shape index (κ2) is 5.51. The molecule has 3 atom stereocenters. The molecule has 0 bridgehead atoms. The number of rotatable bonds is 2. The highest BCUT2D eigenvalue weighted by Crippen LogP contribution is 2.30. The Bertz CT molecular complexity index is 472. The van der Waals surface area contributed by atoms with Gasteiger partial charge in [-0.2, -0.15) is 0 Å². The van der Waals surface area contributed by atoms with Crippen LogP contribution >= 0.6 is 0 Å². The van der Waals surface area contributed by atoms with E-state index in [0.29, 0.717) is 11.8 Å². The highest BCUT2D eigenvalue weighted by molar-refractivity contribution is 5.97. The predicted octanol–water partition coefficient (Wildman–Crippen LogP) is 2.65. The Balaban J connectivity index is 2.01. The maximum atomic E-state index is 12.1. The second-order valence-electron chi connectivity index (χ2n) is 5.64. The topological polar surface area (TPSA) is 69.6 Å². The third-order valence-corrected chi connectivity index (χ3v) is 4.16. The number of amides is 1. The summed E-state index contributed by atoms with van der Waals surface area (Å²) in [6.07, 6.45) is 3.08. The molecule has 1 aliphatic rings. The molecule has 1 aromatic carbocycles. The summed E-state index contributed by atoms with van der Waals surface area (Å²) in [6.45, 7) is 4.45. The first-order valence-corrected chi connectivity index (χ1v) is 6.80. The van der Waals surface area contributed by atoms with Gasteiger partial charge in [-0.1, -0.05) is 13.8 Å². The molecule has 0 heterocycles. The predicted molar refractivity (Wildman–Crippen MR) is 73.2 cm³/mol. The van der Waals surface area contributed by atoms with Crippen LogP contribution in [0.4, 0.5) is 0 Å². The van der Waals surface area contributed by atoms with Crippen LogP contribution in [0.1, 0.15) is 43.5 Å². The molecule has 19 heavy (non-hydrogen) atoms. The Morgan fingerprint density at radius 1 is 1.21 bits per heavy atom. The van der Waals surface area contributed by atoms with Crippen LogP contribution in [0.15, 0.2) is 18.2 Å². The molecule has 3 unspecified atom stereocenters. The first-order valence-electron chi connectivity index (χ1n) is 6.80. The fourth-order valence-electron chi connectivity index (χ4n) is 2.65. The van der Waals surface area contributed by atoms with E-state index in [2.05, 4.69) is 19.2 Å². The van der Waals surface area contributed by atoms with Gasteiger partial charge in [-0.25, -0.2) is 0 Å². The molecule has 4 nitrogen and oxygen atoms in total. The lowest BCUT2D eigenvalue weighted by molar-refractivity contribution is 0.0908. The molecule has 3 N–H and O–H groups in total. The van der Waals surface area contributed by atoms with E-state index in [4.69, 9.17) is 0 Å². The average molecular weight is 263 g/mol. The summed E-state index contributed by atoms with van der Waals surface area (Å²) in [6, 6.07) is 4.20. The minimum Gasteiger partial charge on any atom is -0.508 e. The normalized spacial score (nSPS) is 26.9. The van der Waals surface area contributed by atoms with Gasteiger partial charge in [0.2, 0.25) is 0 Å². The van der Waals surface area contributed by atoms with Crippen molar-refractivity contribution >= 4 is 5.91 Å². The van der Waals surface area contributed by atoms with Crippen molar-refractivity contribution in [2.24, 2.45) is 11.8 Å². The van der Waals surface area contributed by atoms with Crippen LogP contribution in [-0.4, -0.2) is 22.2 Å². The number of benzene rings is 1. The van der Waals surface area contributed by atoms with Crippen molar-refractivity contribution in [1.29, 1.82) is 0 Å². The molecule has 0 aliphatic heterocycles. The molecule has 0 radical (unpaired) electrons. The molecule has 1 saturated carbocycles. The largest absolute Gasteiger partial charge is 0.508 e. The number of phenolic OH excluding ortho intramolecular Hbond substituents is 2. The fraction of sp³-hybridized carbons (Fsp3) is 0.533. The molecule has 0 spiro atoms. The van der Waals surface area contributed by atoms with Gasteiger partial charge in [0.1, 0.15) is 11.5 Å². The van der Waals surface area contributed by atoms with Gasteiger partial charge in [-0.05, 0) is 43.2 Å². The smallest absolute Gasteiger partial charge is 0.255 e. The number of carbonyl (C=O) groups is 1. The van der Waals surface area contributed by atoms with Crippen LogP contribution in [-0.2, 0) is 0 Å². The van der Waals surface area contributed by atoms with E-state index in [-0.39, 0.29) is 29.0 Å². The summed E-state index contributed by atoms with van der Waals surface area (Å²) >= 11 is 0. The second-order valence-corrected chi connectivity index (χ2v) is 5.64. The van der Waals surface area contributed by atoms with Gasteiger partial charge < -0.3 is 15.5 Å². The van der Waals surface area contributed by atoms with Gasteiger partial charge >= 0.3 is 0 Å². The van der Waals surface area contributed by atoms with E-state index in [1.165, 1.54) is 18.2 Å². The minimum absolute atomic E-state index is 0.0471. The maximum Gasteiger partial charge on any atom is 0.255 e. The lowest BCUT2D eigenvalue weighted by Gasteiger charge is -2.32. The zero-order valence-corrected chi connectivity index (χ0v) is 11.4. The molecule has 1 fully saturated rings. The Morgan fingerprint density at radius 2 is 1.95 bits per heavy atom. The molecule has 0 saturated heterocycles. The van der Waals surface area contributed by atoms with E-state index in [0.717, 1.165) is 19.3 Å². The van der Waals surface area contributed by atoms with Crippen molar-refractivity contribution < 1.29 is 15.0 Å². The third-order valence-electron chi connectivity index (χ3n) is 4.16. The number of hydrogen-bond donors (Lipinski definition) is 3.